The first-order valence-corrected chi connectivity index (χ1v) is 11.7. The lowest BCUT2D eigenvalue weighted by Gasteiger charge is -2.59. The van der Waals surface area contributed by atoms with Crippen LogP contribution in [0.2, 0.25) is 5.02 Å². The summed E-state index contributed by atoms with van der Waals surface area (Å²) in [5.74, 6) is 2.82. The molecule has 4 saturated carbocycles. The van der Waals surface area contributed by atoms with Gasteiger partial charge in [0.2, 0.25) is 5.91 Å². The Balaban J connectivity index is 1.23. The quantitative estimate of drug-likeness (QED) is 0.679. The molecule has 1 amide bonds. The molecule has 0 saturated heterocycles. The van der Waals surface area contributed by atoms with E-state index in [9.17, 15) is 4.79 Å². The molecule has 2 aromatic rings. The fourth-order valence-electron chi connectivity index (χ4n) is 6.46. The molecule has 1 aromatic heterocycles. The fourth-order valence-corrected chi connectivity index (χ4v) is 7.47. The van der Waals surface area contributed by atoms with Crippen molar-refractivity contribution in [1.82, 2.24) is 10.3 Å². The number of hydrogen-bond donors (Lipinski definition) is 1. The van der Waals surface area contributed by atoms with Crippen LogP contribution in [-0.4, -0.2) is 16.9 Å². The highest BCUT2D eigenvalue weighted by molar-refractivity contribution is 7.13. The van der Waals surface area contributed by atoms with Crippen LogP contribution < -0.4 is 5.32 Å². The van der Waals surface area contributed by atoms with Gasteiger partial charge in [-0.25, -0.2) is 4.98 Å². The summed E-state index contributed by atoms with van der Waals surface area (Å²) in [7, 11) is 0. The van der Waals surface area contributed by atoms with Gasteiger partial charge in [-0.05, 0) is 80.8 Å². The summed E-state index contributed by atoms with van der Waals surface area (Å²) in [4.78, 5) is 17.4. The Morgan fingerprint density at radius 3 is 2.57 bits per heavy atom. The maximum Gasteiger partial charge on any atom is 0.226 e. The van der Waals surface area contributed by atoms with E-state index in [0.29, 0.717) is 16.9 Å². The predicted molar refractivity (Wildman–Crippen MR) is 114 cm³/mol. The number of halogens is 1. The van der Waals surface area contributed by atoms with E-state index >= 15 is 0 Å². The van der Waals surface area contributed by atoms with Gasteiger partial charge in [0.05, 0.1) is 12.1 Å². The van der Waals surface area contributed by atoms with Crippen LogP contribution >= 0.6 is 22.9 Å². The van der Waals surface area contributed by atoms with Crippen LogP contribution in [-0.2, 0) is 11.2 Å². The molecule has 0 unspecified atom stereocenters. The van der Waals surface area contributed by atoms with Gasteiger partial charge < -0.3 is 5.32 Å². The van der Waals surface area contributed by atoms with E-state index in [-0.39, 0.29) is 11.9 Å². The maximum absolute atomic E-state index is 12.7. The normalized spacial score (nSPS) is 31.7. The minimum absolute atomic E-state index is 0.103. The number of carbonyl (C=O) groups excluding carboxylic acids is 1. The topological polar surface area (TPSA) is 42.0 Å². The van der Waals surface area contributed by atoms with Crippen LogP contribution in [0.3, 0.4) is 0 Å². The van der Waals surface area contributed by atoms with Crippen molar-refractivity contribution >= 4 is 28.8 Å². The number of rotatable bonds is 5. The number of hydrogen-bond acceptors (Lipinski definition) is 3. The molecule has 28 heavy (non-hydrogen) atoms. The molecule has 0 spiro atoms. The van der Waals surface area contributed by atoms with E-state index in [1.165, 1.54) is 38.5 Å². The second kappa shape index (κ2) is 7.14. The molecule has 1 N–H and O–H groups in total. The number of carbonyl (C=O) groups is 1. The molecule has 5 heteroatoms. The SMILES string of the molecule is C[C@H](NC(=O)Cc1csc(-c2cccc(Cl)c2)n1)C12CC3CC(CC(C3)C1)C2. The van der Waals surface area contributed by atoms with E-state index < -0.39 is 0 Å². The van der Waals surface area contributed by atoms with Crippen LogP contribution in [0.5, 0.6) is 0 Å². The highest BCUT2D eigenvalue weighted by Gasteiger charge is 2.53. The van der Waals surface area contributed by atoms with Crippen LogP contribution in [0, 0.1) is 23.2 Å². The number of aromatic nitrogens is 1. The Morgan fingerprint density at radius 2 is 1.93 bits per heavy atom. The monoisotopic (exact) mass is 414 g/mol. The first-order chi connectivity index (χ1) is 13.5. The smallest absolute Gasteiger partial charge is 0.226 e. The lowest BCUT2D eigenvalue weighted by atomic mass is 9.48. The zero-order chi connectivity index (χ0) is 19.3. The van der Waals surface area contributed by atoms with Crippen molar-refractivity contribution in [3.05, 3.63) is 40.4 Å². The largest absolute Gasteiger partial charge is 0.353 e. The Kier molecular flexibility index (Phi) is 4.75. The van der Waals surface area contributed by atoms with Crippen molar-refractivity contribution in [3.8, 4) is 10.6 Å². The van der Waals surface area contributed by atoms with Gasteiger partial charge >= 0.3 is 0 Å². The minimum Gasteiger partial charge on any atom is -0.353 e. The standard InChI is InChI=1S/C23H27ClN2OS/c1-14(23-10-15-5-16(11-23)7-17(6-15)12-23)25-21(27)9-20-13-28-22(26-20)18-3-2-4-19(24)8-18/h2-4,8,13-17H,5-7,9-12H2,1H3,(H,25,27)/t14-,15?,16?,17?,23?/m0/s1. The summed E-state index contributed by atoms with van der Waals surface area (Å²) < 4.78 is 0. The molecule has 3 nitrogen and oxygen atoms in total. The molecular weight excluding hydrogens is 388 g/mol. The number of amides is 1. The summed E-state index contributed by atoms with van der Waals surface area (Å²) in [5.41, 5.74) is 2.19. The van der Waals surface area contributed by atoms with Gasteiger partial charge in [0.1, 0.15) is 5.01 Å². The van der Waals surface area contributed by atoms with E-state index in [1.807, 2.05) is 29.6 Å². The third-order valence-corrected chi connectivity index (χ3v) is 8.52. The first-order valence-electron chi connectivity index (χ1n) is 10.5. The van der Waals surface area contributed by atoms with Crippen molar-refractivity contribution in [3.63, 3.8) is 0 Å². The molecule has 1 aromatic carbocycles. The molecule has 6 rings (SSSR count). The third kappa shape index (κ3) is 3.50. The third-order valence-electron chi connectivity index (χ3n) is 7.35. The Labute approximate surface area is 175 Å². The van der Waals surface area contributed by atoms with E-state index in [0.717, 1.165) is 34.0 Å². The average Bonchev–Trinajstić information content (AvgIpc) is 3.09. The molecule has 0 radical (unpaired) electrons. The number of nitrogens with zero attached hydrogens (tertiary/aromatic N) is 1. The van der Waals surface area contributed by atoms with Gasteiger partial charge in [0.25, 0.3) is 0 Å². The van der Waals surface area contributed by atoms with Gasteiger partial charge in [-0.15, -0.1) is 11.3 Å². The van der Waals surface area contributed by atoms with Gasteiger partial charge in [0.15, 0.2) is 0 Å². The molecule has 4 bridgehead atoms. The number of thiazole rings is 1. The zero-order valence-corrected chi connectivity index (χ0v) is 17.9. The second-order valence-electron chi connectivity index (χ2n) is 9.40. The van der Waals surface area contributed by atoms with Crippen molar-refractivity contribution in [2.75, 3.05) is 0 Å². The maximum atomic E-state index is 12.7. The van der Waals surface area contributed by atoms with Gasteiger partial charge in [0, 0.05) is 22.0 Å². The lowest BCUT2D eigenvalue weighted by molar-refractivity contribution is -0.125. The van der Waals surface area contributed by atoms with Gasteiger partial charge in [-0.2, -0.15) is 0 Å². The Bertz CT molecular complexity index is 857. The molecule has 4 fully saturated rings. The van der Waals surface area contributed by atoms with Crippen LogP contribution in [0.15, 0.2) is 29.6 Å². The number of nitrogens with one attached hydrogen (secondary N) is 1. The average molecular weight is 415 g/mol. The molecule has 1 atom stereocenters. The van der Waals surface area contributed by atoms with Gasteiger partial charge in [-0.1, -0.05) is 23.7 Å². The first kappa shape index (κ1) is 18.6. The summed E-state index contributed by atoms with van der Waals surface area (Å²) >= 11 is 7.65. The molecule has 0 aliphatic heterocycles. The second-order valence-corrected chi connectivity index (χ2v) is 10.7. The minimum atomic E-state index is 0.103. The lowest BCUT2D eigenvalue weighted by Crippen LogP contribution is -2.56. The van der Waals surface area contributed by atoms with Crippen LogP contribution in [0.4, 0.5) is 0 Å². The van der Waals surface area contributed by atoms with E-state index in [2.05, 4.69) is 17.2 Å². The molecule has 1 heterocycles. The molecule has 4 aliphatic rings. The highest BCUT2D eigenvalue weighted by Crippen LogP contribution is 2.61. The van der Waals surface area contributed by atoms with Crippen molar-refractivity contribution in [2.24, 2.45) is 23.2 Å². The summed E-state index contributed by atoms with van der Waals surface area (Å²) in [5, 5.41) is 6.96. The van der Waals surface area contributed by atoms with Crippen molar-refractivity contribution in [2.45, 2.75) is 57.9 Å². The fraction of sp³-hybridized carbons (Fsp3) is 0.565. The summed E-state index contributed by atoms with van der Waals surface area (Å²) in [6.45, 7) is 2.24. The summed E-state index contributed by atoms with van der Waals surface area (Å²) in [6.07, 6.45) is 8.61. The van der Waals surface area contributed by atoms with E-state index in [1.54, 1.807) is 11.3 Å². The summed E-state index contributed by atoms with van der Waals surface area (Å²) in [6, 6.07) is 7.97. The predicted octanol–water partition coefficient (Wildman–Crippen LogP) is 5.73. The van der Waals surface area contributed by atoms with Gasteiger partial charge in [-0.3, -0.25) is 4.79 Å². The van der Waals surface area contributed by atoms with Crippen LogP contribution in [0.25, 0.3) is 10.6 Å². The van der Waals surface area contributed by atoms with Crippen molar-refractivity contribution < 1.29 is 4.79 Å². The Hall–Kier alpha value is -1.39. The molecule has 148 valence electrons. The number of benzene rings is 1. The van der Waals surface area contributed by atoms with E-state index in [4.69, 9.17) is 11.6 Å². The van der Waals surface area contributed by atoms with Crippen LogP contribution in [0.1, 0.15) is 51.1 Å². The van der Waals surface area contributed by atoms with Crippen molar-refractivity contribution in [1.29, 1.82) is 0 Å². The molecular formula is C23H27ClN2OS. The molecule has 4 aliphatic carbocycles. The zero-order valence-electron chi connectivity index (χ0n) is 16.3. The highest BCUT2D eigenvalue weighted by atomic mass is 35.5. The Morgan fingerprint density at radius 1 is 1.25 bits per heavy atom.